The Morgan fingerprint density at radius 2 is 2.12 bits per heavy atom. The molecule has 0 saturated heterocycles. The maximum atomic E-state index is 11.7. The van der Waals surface area contributed by atoms with Crippen LogP contribution in [0.5, 0.6) is 0 Å². The van der Waals surface area contributed by atoms with Crippen molar-refractivity contribution in [2.75, 3.05) is 5.75 Å². The van der Waals surface area contributed by atoms with E-state index in [0.29, 0.717) is 16.3 Å². The van der Waals surface area contributed by atoms with Crippen LogP contribution >= 0.6 is 34.9 Å². The molecule has 1 heterocycles. The Kier molecular flexibility index (Phi) is 3.93. The second-order valence-electron chi connectivity index (χ2n) is 2.93. The van der Waals surface area contributed by atoms with E-state index in [9.17, 15) is 4.79 Å². The topological polar surface area (TPSA) is 42.9 Å². The molecule has 0 aliphatic carbocycles. The Morgan fingerprint density at radius 3 is 2.75 bits per heavy atom. The van der Waals surface area contributed by atoms with E-state index in [0.717, 1.165) is 4.34 Å². The van der Waals surface area contributed by atoms with Gasteiger partial charge in [0.05, 0.1) is 5.75 Å². The first-order chi connectivity index (χ1) is 7.75. The molecular weight excluding hydrogens is 264 g/mol. The molecule has 1 aromatic carbocycles. The number of Topliss-reactive ketones (excluding diaryl/α,β-unsaturated/α-hetero) is 1. The lowest BCUT2D eigenvalue weighted by atomic mass is 10.1. The van der Waals surface area contributed by atoms with E-state index < -0.39 is 0 Å². The van der Waals surface area contributed by atoms with Crippen molar-refractivity contribution in [1.82, 2.24) is 9.36 Å². The first-order valence-electron chi connectivity index (χ1n) is 4.44. The van der Waals surface area contributed by atoms with Crippen LogP contribution in [0.25, 0.3) is 0 Å². The molecule has 0 N–H and O–H groups in total. The largest absolute Gasteiger partial charge is 0.293 e. The fraction of sp³-hybridized carbons (Fsp3) is 0.100. The van der Waals surface area contributed by atoms with Gasteiger partial charge in [-0.3, -0.25) is 4.79 Å². The molecule has 0 bridgehead atoms. The summed E-state index contributed by atoms with van der Waals surface area (Å²) in [7, 11) is 0. The molecule has 0 amide bonds. The molecule has 0 spiro atoms. The van der Waals surface area contributed by atoms with Crippen LogP contribution in [0.4, 0.5) is 0 Å². The Bertz CT molecular complexity index is 470. The molecule has 0 aliphatic heterocycles. The molecule has 0 saturated carbocycles. The fourth-order valence-electron chi connectivity index (χ4n) is 1.07. The van der Waals surface area contributed by atoms with Crippen molar-refractivity contribution in [3.63, 3.8) is 0 Å². The third-order valence-corrected chi connectivity index (χ3v) is 3.88. The van der Waals surface area contributed by atoms with Gasteiger partial charge in [-0.15, -0.1) is 0 Å². The third-order valence-electron chi connectivity index (χ3n) is 1.83. The summed E-state index contributed by atoms with van der Waals surface area (Å²) < 4.78 is 4.67. The predicted molar refractivity (Wildman–Crippen MR) is 66.4 cm³/mol. The van der Waals surface area contributed by atoms with Gasteiger partial charge < -0.3 is 0 Å². The zero-order valence-corrected chi connectivity index (χ0v) is 10.5. The molecule has 0 aliphatic rings. The normalized spacial score (nSPS) is 10.3. The van der Waals surface area contributed by atoms with E-state index in [-0.39, 0.29) is 5.78 Å². The third kappa shape index (κ3) is 3.04. The molecule has 0 unspecified atom stereocenters. The minimum absolute atomic E-state index is 0.0665. The van der Waals surface area contributed by atoms with Crippen LogP contribution in [-0.4, -0.2) is 20.9 Å². The van der Waals surface area contributed by atoms with E-state index in [1.165, 1.54) is 29.6 Å². The molecule has 0 atom stereocenters. The minimum Gasteiger partial charge on any atom is -0.293 e. The predicted octanol–water partition coefficient (Wildman–Crippen LogP) is 3.17. The SMILES string of the molecule is O=C(CSc1ncns1)c1ccc(Cl)cc1. The van der Waals surface area contributed by atoms with Gasteiger partial charge in [-0.1, -0.05) is 23.4 Å². The van der Waals surface area contributed by atoms with Gasteiger partial charge in [0, 0.05) is 10.6 Å². The Labute approximate surface area is 106 Å². The minimum atomic E-state index is 0.0665. The molecule has 1 aromatic heterocycles. The number of hydrogen-bond donors (Lipinski definition) is 0. The molecule has 0 fully saturated rings. The summed E-state index contributed by atoms with van der Waals surface area (Å²) in [4.78, 5) is 15.7. The zero-order chi connectivity index (χ0) is 11.4. The quantitative estimate of drug-likeness (QED) is 0.632. The van der Waals surface area contributed by atoms with Crippen LogP contribution in [0.3, 0.4) is 0 Å². The molecule has 0 radical (unpaired) electrons. The fourth-order valence-corrected chi connectivity index (χ4v) is 2.54. The van der Waals surface area contributed by atoms with Crippen LogP contribution in [-0.2, 0) is 0 Å². The molecule has 82 valence electrons. The summed E-state index contributed by atoms with van der Waals surface area (Å²) >= 11 is 8.43. The van der Waals surface area contributed by atoms with E-state index in [4.69, 9.17) is 11.6 Å². The highest BCUT2D eigenvalue weighted by molar-refractivity contribution is 8.01. The van der Waals surface area contributed by atoms with Crippen molar-refractivity contribution in [2.45, 2.75) is 4.34 Å². The van der Waals surface area contributed by atoms with Crippen LogP contribution in [0, 0.1) is 0 Å². The van der Waals surface area contributed by atoms with Gasteiger partial charge in [0.25, 0.3) is 0 Å². The Morgan fingerprint density at radius 1 is 1.38 bits per heavy atom. The first kappa shape index (κ1) is 11.6. The molecule has 16 heavy (non-hydrogen) atoms. The van der Waals surface area contributed by atoms with E-state index in [1.54, 1.807) is 24.3 Å². The van der Waals surface area contributed by atoms with Crippen LogP contribution in [0.1, 0.15) is 10.4 Å². The lowest BCUT2D eigenvalue weighted by molar-refractivity contribution is 0.102. The second-order valence-corrected chi connectivity index (χ2v) is 5.36. The van der Waals surface area contributed by atoms with Gasteiger partial charge in [0.2, 0.25) is 0 Å². The van der Waals surface area contributed by atoms with E-state index in [1.807, 2.05) is 0 Å². The maximum Gasteiger partial charge on any atom is 0.173 e. The average molecular weight is 271 g/mol. The number of nitrogens with zero attached hydrogens (tertiary/aromatic N) is 2. The summed E-state index contributed by atoms with van der Waals surface area (Å²) in [5, 5.41) is 0.633. The average Bonchev–Trinajstić information content (AvgIpc) is 2.80. The summed E-state index contributed by atoms with van der Waals surface area (Å²) in [6.45, 7) is 0. The Hall–Kier alpha value is -0.910. The number of halogens is 1. The van der Waals surface area contributed by atoms with Gasteiger partial charge in [0.1, 0.15) is 6.33 Å². The highest BCUT2D eigenvalue weighted by Gasteiger charge is 2.07. The van der Waals surface area contributed by atoms with Gasteiger partial charge in [-0.05, 0) is 35.8 Å². The maximum absolute atomic E-state index is 11.7. The van der Waals surface area contributed by atoms with Crippen LogP contribution in [0.15, 0.2) is 34.9 Å². The van der Waals surface area contributed by atoms with Crippen molar-refractivity contribution in [1.29, 1.82) is 0 Å². The number of benzene rings is 1. The molecular formula is C10H7ClN2OS2. The highest BCUT2D eigenvalue weighted by Crippen LogP contribution is 2.20. The van der Waals surface area contributed by atoms with Crippen LogP contribution in [0.2, 0.25) is 5.02 Å². The van der Waals surface area contributed by atoms with E-state index in [2.05, 4.69) is 9.36 Å². The first-order valence-corrected chi connectivity index (χ1v) is 6.57. The monoisotopic (exact) mass is 270 g/mol. The number of aromatic nitrogens is 2. The van der Waals surface area contributed by atoms with E-state index >= 15 is 0 Å². The Balaban J connectivity index is 1.95. The summed E-state index contributed by atoms with van der Waals surface area (Å²) in [6.07, 6.45) is 1.49. The smallest absolute Gasteiger partial charge is 0.173 e. The van der Waals surface area contributed by atoms with Crippen LogP contribution < -0.4 is 0 Å². The number of thioether (sulfide) groups is 1. The standard InChI is InChI=1S/C10H7ClN2OS2/c11-8-3-1-7(2-4-8)9(14)5-15-10-12-6-13-16-10/h1-4,6H,5H2. The number of ketones is 1. The number of rotatable bonds is 4. The van der Waals surface area contributed by atoms with Gasteiger partial charge in [-0.2, -0.15) is 4.37 Å². The van der Waals surface area contributed by atoms with Crippen molar-refractivity contribution >= 4 is 40.7 Å². The van der Waals surface area contributed by atoms with Crippen molar-refractivity contribution in [2.24, 2.45) is 0 Å². The van der Waals surface area contributed by atoms with Crippen molar-refractivity contribution in [3.8, 4) is 0 Å². The summed E-state index contributed by atoms with van der Waals surface area (Å²) in [5.74, 6) is 0.438. The lowest BCUT2D eigenvalue weighted by Gasteiger charge is -1.98. The molecule has 6 heteroatoms. The number of carbonyl (C=O) groups is 1. The lowest BCUT2D eigenvalue weighted by Crippen LogP contribution is -2.01. The molecule has 2 rings (SSSR count). The second kappa shape index (κ2) is 5.43. The van der Waals surface area contributed by atoms with Crippen molar-refractivity contribution < 1.29 is 4.79 Å². The summed E-state index contributed by atoms with van der Waals surface area (Å²) in [5.41, 5.74) is 0.668. The highest BCUT2D eigenvalue weighted by atomic mass is 35.5. The summed E-state index contributed by atoms with van der Waals surface area (Å²) in [6, 6.07) is 6.88. The molecule has 2 aromatic rings. The zero-order valence-electron chi connectivity index (χ0n) is 8.09. The van der Waals surface area contributed by atoms with Gasteiger partial charge in [-0.25, -0.2) is 4.98 Å². The molecule has 3 nitrogen and oxygen atoms in total. The number of hydrogen-bond acceptors (Lipinski definition) is 5. The van der Waals surface area contributed by atoms with Gasteiger partial charge >= 0.3 is 0 Å². The van der Waals surface area contributed by atoms with Gasteiger partial charge in [0.15, 0.2) is 10.1 Å². The van der Waals surface area contributed by atoms with Crippen molar-refractivity contribution in [3.05, 3.63) is 41.2 Å². The number of carbonyl (C=O) groups excluding carboxylic acids is 1.